The van der Waals surface area contributed by atoms with E-state index in [0.29, 0.717) is 22.5 Å². The van der Waals surface area contributed by atoms with E-state index in [-0.39, 0.29) is 0 Å². The van der Waals surface area contributed by atoms with Crippen LogP contribution in [0.15, 0.2) is 23.2 Å². The highest BCUT2D eigenvalue weighted by molar-refractivity contribution is 6.35. The molecule has 2 N–H and O–H groups in total. The molecule has 1 atom stereocenters. The number of likely N-dealkylation sites (tertiary alicyclic amines) is 1. The molecule has 2 rings (SSSR count). The zero-order chi connectivity index (χ0) is 15.9. The highest BCUT2D eigenvalue weighted by Gasteiger charge is 2.17. The summed E-state index contributed by atoms with van der Waals surface area (Å²) in [5, 5.41) is 8.02. The standard InChI is InChI=1S/C16H24Cl2N4/c1-19-16(20-9-12-4-3-7-22(2)11-12)21-10-13-5-6-14(17)8-15(13)18/h5-6,8,12H,3-4,7,9-11H2,1-2H3,(H2,19,20,21). The molecule has 122 valence electrons. The number of piperidine rings is 1. The summed E-state index contributed by atoms with van der Waals surface area (Å²) in [4.78, 5) is 6.65. The first-order valence-electron chi connectivity index (χ1n) is 7.65. The minimum Gasteiger partial charge on any atom is -0.356 e. The van der Waals surface area contributed by atoms with Gasteiger partial charge < -0.3 is 15.5 Å². The van der Waals surface area contributed by atoms with Gasteiger partial charge in [0.05, 0.1) is 0 Å². The van der Waals surface area contributed by atoms with Crippen LogP contribution in [-0.2, 0) is 6.54 Å². The first kappa shape index (κ1) is 17.4. The molecule has 1 heterocycles. The van der Waals surface area contributed by atoms with Gasteiger partial charge in [-0.3, -0.25) is 4.99 Å². The van der Waals surface area contributed by atoms with E-state index in [9.17, 15) is 0 Å². The van der Waals surface area contributed by atoms with Crippen molar-refractivity contribution in [3.63, 3.8) is 0 Å². The van der Waals surface area contributed by atoms with E-state index in [0.717, 1.165) is 24.6 Å². The Bertz CT molecular complexity index is 519. The Morgan fingerprint density at radius 1 is 1.36 bits per heavy atom. The minimum absolute atomic E-state index is 0.625. The second-order valence-electron chi connectivity index (χ2n) is 5.81. The molecule has 0 aliphatic carbocycles. The number of nitrogens with one attached hydrogen (secondary N) is 2. The van der Waals surface area contributed by atoms with Gasteiger partial charge in [-0.2, -0.15) is 0 Å². The van der Waals surface area contributed by atoms with Gasteiger partial charge in [0.2, 0.25) is 0 Å². The monoisotopic (exact) mass is 342 g/mol. The Hall–Kier alpha value is -0.970. The molecule has 0 radical (unpaired) electrons. The molecule has 1 aromatic carbocycles. The van der Waals surface area contributed by atoms with Gasteiger partial charge in [-0.05, 0) is 50.0 Å². The molecule has 1 aliphatic rings. The summed E-state index contributed by atoms with van der Waals surface area (Å²) in [7, 11) is 3.97. The molecule has 0 bridgehead atoms. The highest BCUT2D eigenvalue weighted by Crippen LogP contribution is 2.20. The lowest BCUT2D eigenvalue weighted by Gasteiger charge is -2.30. The molecule has 22 heavy (non-hydrogen) atoms. The maximum Gasteiger partial charge on any atom is 0.191 e. The lowest BCUT2D eigenvalue weighted by atomic mass is 9.99. The fourth-order valence-corrected chi connectivity index (χ4v) is 3.22. The fraction of sp³-hybridized carbons (Fsp3) is 0.562. The molecule has 0 amide bonds. The van der Waals surface area contributed by atoms with Gasteiger partial charge >= 0.3 is 0 Å². The maximum absolute atomic E-state index is 6.18. The van der Waals surface area contributed by atoms with E-state index in [1.807, 2.05) is 12.1 Å². The summed E-state index contributed by atoms with van der Waals surface area (Å²) < 4.78 is 0. The van der Waals surface area contributed by atoms with E-state index in [1.165, 1.54) is 19.4 Å². The Labute approximate surface area is 142 Å². The third kappa shape index (κ3) is 5.34. The number of rotatable bonds is 4. The van der Waals surface area contributed by atoms with Crippen LogP contribution in [0.25, 0.3) is 0 Å². The van der Waals surface area contributed by atoms with Crippen LogP contribution >= 0.6 is 23.2 Å². The van der Waals surface area contributed by atoms with Crippen molar-refractivity contribution in [3.05, 3.63) is 33.8 Å². The van der Waals surface area contributed by atoms with Gasteiger partial charge in [-0.25, -0.2) is 0 Å². The number of nitrogens with zero attached hydrogens (tertiary/aromatic N) is 2. The third-order valence-electron chi connectivity index (χ3n) is 3.97. The average Bonchev–Trinajstić information content (AvgIpc) is 2.49. The van der Waals surface area contributed by atoms with Crippen LogP contribution in [0.2, 0.25) is 10.0 Å². The number of benzene rings is 1. The van der Waals surface area contributed by atoms with E-state index >= 15 is 0 Å². The van der Waals surface area contributed by atoms with Crippen LogP contribution in [0.3, 0.4) is 0 Å². The van der Waals surface area contributed by atoms with E-state index in [4.69, 9.17) is 23.2 Å². The van der Waals surface area contributed by atoms with Crippen LogP contribution in [0.5, 0.6) is 0 Å². The summed E-state index contributed by atoms with van der Waals surface area (Å²) >= 11 is 12.1. The average molecular weight is 343 g/mol. The number of halogens is 2. The number of hydrogen-bond donors (Lipinski definition) is 2. The summed E-state index contributed by atoms with van der Waals surface area (Å²) in [5.41, 5.74) is 1.01. The van der Waals surface area contributed by atoms with Crippen molar-refractivity contribution in [2.75, 3.05) is 33.7 Å². The normalized spacial score (nSPS) is 20.0. The molecule has 4 nitrogen and oxygen atoms in total. The van der Waals surface area contributed by atoms with Crippen molar-refractivity contribution in [1.82, 2.24) is 15.5 Å². The zero-order valence-corrected chi connectivity index (χ0v) is 14.7. The smallest absolute Gasteiger partial charge is 0.191 e. The third-order valence-corrected chi connectivity index (χ3v) is 4.55. The van der Waals surface area contributed by atoms with Crippen LogP contribution in [0.4, 0.5) is 0 Å². The molecule has 0 spiro atoms. The van der Waals surface area contributed by atoms with E-state index in [2.05, 4.69) is 27.6 Å². The Balaban J connectivity index is 1.80. The Kier molecular flexibility index (Phi) is 6.80. The van der Waals surface area contributed by atoms with Crippen LogP contribution < -0.4 is 10.6 Å². The van der Waals surface area contributed by atoms with Crippen LogP contribution in [-0.4, -0.2) is 44.6 Å². The lowest BCUT2D eigenvalue weighted by Crippen LogP contribution is -2.43. The molecule has 1 aromatic rings. The second kappa shape index (κ2) is 8.61. The topological polar surface area (TPSA) is 39.7 Å². The number of hydrogen-bond acceptors (Lipinski definition) is 2. The quantitative estimate of drug-likeness (QED) is 0.652. The maximum atomic E-state index is 6.18. The van der Waals surface area contributed by atoms with Crippen molar-refractivity contribution < 1.29 is 0 Å². The summed E-state index contributed by atoms with van der Waals surface area (Å²) in [6, 6.07) is 5.54. The molecular formula is C16H24Cl2N4. The number of guanidine groups is 1. The first-order chi connectivity index (χ1) is 10.6. The van der Waals surface area contributed by atoms with Gasteiger partial charge in [0.25, 0.3) is 0 Å². The summed E-state index contributed by atoms with van der Waals surface area (Å²) in [6.07, 6.45) is 2.55. The first-order valence-corrected chi connectivity index (χ1v) is 8.41. The molecule has 1 saturated heterocycles. The van der Waals surface area contributed by atoms with Gasteiger partial charge in [0.15, 0.2) is 5.96 Å². The predicted octanol–water partition coefficient (Wildman–Crippen LogP) is 3.00. The second-order valence-corrected chi connectivity index (χ2v) is 6.66. The lowest BCUT2D eigenvalue weighted by molar-refractivity contribution is 0.210. The molecule has 1 unspecified atom stereocenters. The zero-order valence-electron chi connectivity index (χ0n) is 13.2. The minimum atomic E-state index is 0.625. The molecule has 1 fully saturated rings. The predicted molar refractivity (Wildman–Crippen MR) is 94.9 cm³/mol. The van der Waals surface area contributed by atoms with Gasteiger partial charge in [-0.15, -0.1) is 0 Å². The van der Waals surface area contributed by atoms with Crippen LogP contribution in [0.1, 0.15) is 18.4 Å². The van der Waals surface area contributed by atoms with Gasteiger partial charge in [-0.1, -0.05) is 29.3 Å². The summed E-state index contributed by atoms with van der Waals surface area (Å²) in [5.74, 6) is 1.48. The van der Waals surface area contributed by atoms with Crippen molar-refractivity contribution in [2.45, 2.75) is 19.4 Å². The SMILES string of the molecule is CN=C(NCc1ccc(Cl)cc1Cl)NCC1CCCN(C)C1. The van der Waals surface area contributed by atoms with E-state index in [1.54, 1.807) is 13.1 Å². The highest BCUT2D eigenvalue weighted by atomic mass is 35.5. The Morgan fingerprint density at radius 3 is 2.86 bits per heavy atom. The van der Waals surface area contributed by atoms with Crippen molar-refractivity contribution in [1.29, 1.82) is 0 Å². The number of aliphatic imine (C=N–C) groups is 1. The van der Waals surface area contributed by atoms with Crippen molar-refractivity contribution in [3.8, 4) is 0 Å². The molecule has 0 saturated carbocycles. The fourth-order valence-electron chi connectivity index (χ4n) is 2.75. The largest absolute Gasteiger partial charge is 0.356 e. The summed E-state index contributed by atoms with van der Waals surface area (Å²) in [6.45, 7) is 3.92. The Morgan fingerprint density at radius 2 is 2.18 bits per heavy atom. The van der Waals surface area contributed by atoms with Crippen molar-refractivity contribution >= 4 is 29.2 Å². The molecular weight excluding hydrogens is 319 g/mol. The van der Waals surface area contributed by atoms with E-state index < -0.39 is 0 Å². The molecule has 1 aliphatic heterocycles. The van der Waals surface area contributed by atoms with Gasteiger partial charge in [0.1, 0.15) is 0 Å². The molecule has 6 heteroatoms. The molecule has 0 aromatic heterocycles. The van der Waals surface area contributed by atoms with Gasteiger partial charge in [0, 0.05) is 36.7 Å². The van der Waals surface area contributed by atoms with Crippen molar-refractivity contribution in [2.24, 2.45) is 10.9 Å². The van der Waals surface area contributed by atoms with Crippen LogP contribution in [0, 0.1) is 5.92 Å².